The lowest BCUT2D eigenvalue weighted by molar-refractivity contribution is -0.145. The summed E-state index contributed by atoms with van der Waals surface area (Å²) in [6, 6.07) is -0.723. The molecule has 1 aliphatic rings. The molecule has 0 fully saturated rings. The molecule has 0 aliphatic carbocycles. The molecule has 1 aromatic rings. The van der Waals surface area contributed by atoms with Crippen molar-refractivity contribution in [3.8, 4) is 0 Å². The van der Waals surface area contributed by atoms with Crippen LogP contribution >= 0.6 is 0 Å². The fraction of sp³-hybridized carbons (Fsp3) is 0.500. The van der Waals surface area contributed by atoms with Crippen molar-refractivity contribution >= 4 is 5.91 Å². The van der Waals surface area contributed by atoms with Crippen molar-refractivity contribution in [3.05, 3.63) is 47.5 Å². The van der Waals surface area contributed by atoms with E-state index in [-0.39, 0.29) is 30.9 Å². The number of hydrogen-bond acceptors (Lipinski definition) is 4. The van der Waals surface area contributed by atoms with Gasteiger partial charge in [0.15, 0.2) is 0 Å². The summed E-state index contributed by atoms with van der Waals surface area (Å²) in [5.41, 5.74) is 0.0688. The zero-order chi connectivity index (χ0) is 21.1. The number of amides is 1. The first-order valence-corrected chi connectivity index (χ1v) is 8.71. The Morgan fingerprint density at radius 2 is 2.04 bits per heavy atom. The summed E-state index contributed by atoms with van der Waals surface area (Å²) in [6.07, 6.45) is -2.01. The normalized spacial score (nSPS) is 18.1. The second-order valence-electron chi connectivity index (χ2n) is 6.26. The van der Waals surface area contributed by atoms with E-state index in [0.717, 1.165) is 4.68 Å². The predicted molar refractivity (Wildman–Crippen MR) is 93.5 cm³/mol. The van der Waals surface area contributed by atoms with Crippen LogP contribution in [0.3, 0.4) is 0 Å². The van der Waals surface area contributed by atoms with Crippen molar-refractivity contribution < 1.29 is 27.1 Å². The molecule has 1 atom stereocenters. The van der Waals surface area contributed by atoms with E-state index in [9.17, 15) is 22.4 Å². The fourth-order valence-corrected chi connectivity index (χ4v) is 2.83. The summed E-state index contributed by atoms with van der Waals surface area (Å²) in [5, 5.41) is 3.46. The number of alkyl halides is 3. The summed E-state index contributed by atoms with van der Waals surface area (Å²) in [6.45, 7) is 8.97. The average Bonchev–Trinajstić information content (AvgIpc) is 3.04. The minimum Gasteiger partial charge on any atom is -0.499 e. The maximum Gasteiger partial charge on any atom is 0.453 e. The van der Waals surface area contributed by atoms with Crippen molar-refractivity contribution in [1.29, 1.82) is 0 Å². The number of carbonyl (C=O) groups excluding carboxylic acids is 1. The Kier molecular flexibility index (Phi) is 6.63. The molecule has 1 unspecified atom stereocenters. The Bertz CT molecular complexity index is 811. The number of rotatable bonds is 6. The van der Waals surface area contributed by atoms with Crippen LogP contribution in [0.5, 0.6) is 0 Å². The first-order valence-electron chi connectivity index (χ1n) is 8.71. The third kappa shape index (κ3) is 4.99. The van der Waals surface area contributed by atoms with Gasteiger partial charge in [0, 0.05) is 6.54 Å². The van der Waals surface area contributed by atoms with Crippen LogP contribution in [0.15, 0.2) is 35.9 Å². The Labute approximate surface area is 160 Å². The molecule has 0 bridgehead atoms. The lowest BCUT2D eigenvalue weighted by Crippen LogP contribution is -2.41. The maximum absolute atomic E-state index is 13.7. The zero-order valence-corrected chi connectivity index (χ0v) is 15.9. The topological polar surface area (TPSA) is 60.2 Å². The molecule has 0 saturated heterocycles. The van der Waals surface area contributed by atoms with E-state index in [1.807, 2.05) is 0 Å². The lowest BCUT2D eigenvalue weighted by Gasteiger charge is -2.33. The Morgan fingerprint density at radius 1 is 1.36 bits per heavy atom. The van der Waals surface area contributed by atoms with Crippen molar-refractivity contribution in [1.82, 2.24) is 19.7 Å². The van der Waals surface area contributed by atoms with Gasteiger partial charge in [-0.05, 0) is 32.4 Å². The highest BCUT2D eigenvalue weighted by atomic mass is 19.4. The van der Waals surface area contributed by atoms with Gasteiger partial charge in [0.05, 0.1) is 31.4 Å². The maximum atomic E-state index is 13.7. The number of halogens is 4. The van der Waals surface area contributed by atoms with Crippen molar-refractivity contribution in [3.63, 3.8) is 0 Å². The molecule has 1 aromatic heterocycles. The molecular weight excluding hydrogens is 380 g/mol. The highest BCUT2D eigenvalue weighted by molar-refractivity contribution is 5.80. The minimum atomic E-state index is -4.66. The molecule has 6 nitrogen and oxygen atoms in total. The van der Waals surface area contributed by atoms with Crippen LogP contribution in [0.4, 0.5) is 17.6 Å². The number of hydrogen-bond donors (Lipinski definition) is 0. The first-order chi connectivity index (χ1) is 13.0. The molecule has 0 radical (unpaired) electrons. The van der Waals surface area contributed by atoms with Crippen molar-refractivity contribution in [2.45, 2.75) is 46.0 Å². The van der Waals surface area contributed by atoms with Crippen LogP contribution in [0.1, 0.15) is 44.9 Å². The second-order valence-corrected chi connectivity index (χ2v) is 6.26. The Hall–Kier alpha value is -2.65. The van der Waals surface area contributed by atoms with Gasteiger partial charge in [0.1, 0.15) is 11.7 Å². The number of nitrogens with zero attached hydrogens (tertiary/aromatic N) is 4. The summed E-state index contributed by atoms with van der Waals surface area (Å²) in [5.74, 6) is -1.85. The van der Waals surface area contributed by atoms with Gasteiger partial charge in [-0.15, -0.1) is 5.10 Å². The van der Waals surface area contributed by atoms with Gasteiger partial charge in [-0.2, -0.15) is 13.2 Å². The van der Waals surface area contributed by atoms with E-state index >= 15 is 0 Å². The Balaban J connectivity index is 2.18. The number of allylic oxidation sites excluding steroid dienone is 4. The zero-order valence-electron chi connectivity index (χ0n) is 15.9. The van der Waals surface area contributed by atoms with Crippen LogP contribution in [-0.2, 0) is 22.3 Å². The van der Waals surface area contributed by atoms with Crippen LogP contribution in [0.2, 0.25) is 0 Å². The third-order valence-electron chi connectivity index (χ3n) is 4.25. The molecule has 2 heterocycles. The van der Waals surface area contributed by atoms with Crippen molar-refractivity contribution in [2.24, 2.45) is 0 Å². The molecule has 154 valence electrons. The molecular formula is C18H22F4N4O2. The van der Waals surface area contributed by atoms with E-state index < -0.39 is 29.8 Å². The van der Waals surface area contributed by atoms with Gasteiger partial charge >= 0.3 is 6.18 Å². The summed E-state index contributed by atoms with van der Waals surface area (Å²) >= 11 is 0. The van der Waals surface area contributed by atoms with E-state index in [1.54, 1.807) is 20.8 Å². The SMILES string of the molecule is C=C(F)/C(=C\C=C(/C)OCC)CC(=O)N1CCn2nc(C(F)(F)F)nc2C1C. The van der Waals surface area contributed by atoms with Gasteiger partial charge in [-0.3, -0.25) is 4.79 Å². The van der Waals surface area contributed by atoms with Gasteiger partial charge < -0.3 is 9.64 Å². The summed E-state index contributed by atoms with van der Waals surface area (Å²) < 4.78 is 58.6. The summed E-state index contributed by atoms with van der Waals surface area (Å²) in [4.78, 5) is 17.5. The molecule has 0 N–H and O–H groups in total. The van der Waals surface area contributed by atoms with E-state index in [1.165, 1.54) is 17.1 Å². The molecule has 0 saturated carbocycles. The highest BCUT2D eigenvalue weighted by Crippen LogP contribution is 2.31. The smallest absolute Gasteiger partial charge is 0.453 e. The molecule has 1 amide bonds. The van der Waals surface area contributed by atoms with E-state index in [2.05, 4.69) is 16.7 Å². The van der Waals surface area contributed by atoms with Gasteiger partial charge in [-0.1, -0.05) is 12.7 Å². The molecule has 10 heteroatoms. The summed E-state index contributed by atoms with van der Waals surface area (Å²) in [7, 11) is 0. The monoisotopic (exact) mass is 402 g/mol. The average molecular weight is 402 g/mol. The van der Waals surface area contributed by atoms with Gasteiger partial charge in [0.25, 0.3) is 5.82 Å². The van der Waals surface area contributed by atoms with Gasteiger partial charge in [0.2, 0.25) is 5.91 Å². The van der Waals surface area contributed by atoms with E-state index in [4.69, 9.17) is 4.74 Å². The lowest BCUT2D eigenvalue weighted by atomic mass is 10.1. The molecule has 1 aliphatic heterocycles. The van der Waals surface area contributed by atoms with Crippen LogP contribution in [0, 0.1) is 0 Å². The Morgan fingerprint density at radius 3 is 2.61 bits per heavy atom. The van der Waals surface area contributed by atoms with Gasteiger partial charge in [-0.25, -0.2) is 14.1 Å². The minimum absolute atomic E-state index is 0.0450. The molecule has 2 rings (SSSR count). The number of carbonyl (C=O) groups is 1. The van der Waals surface area contributed by atoms with Crippen LogP contribution < -0.4 is 0 Å². The largest absolute Gasteiger partial charge is 0.499 e. The van der Waals surface area contributed by atoms with Crippen LogP contribution in [-0.4, -0.2) is 38.7 Å². The van der Waals surface area contributed by atoms with Crippen LogP contribution in [0.25, 0.3) is 0 Å². The highest BCUT2D eigenvalue weighted by Gasteiger charge is 2.40. The predicted octanol–water partition coefficient (Wildman–Crippen LogP) is 3.94. The second kappa shape index (κ2) is 8.57. The fourth-order valence-electron chi connectivity index (χ4n) is 2.83. The number of ether oxygens (including phenoxy) is 1. The number of aromatic nitrogens is 3. The standard InChI is InChI=1S/C18H22F4N4O2/c1-5-28-11(2)6-7-14(12(3)19)10-15(27)25-8-9-26-16(13(25)4)23-17(24-26)18(20,21)22/h6-7,13H,3,5,8-10H2,1-2,4H3/b11-6+,14-7-. The molecule has 28 heavy (non-hydrogen) atoms. The first kappa shape index (κ1) is 21.6. The molecule has 0 spiro atoms. The van der Waals surface area contributed by atoms with E-state index in [0.29, 0.717) is 12.4 Å². The van der Waals surface area contributed by atoms with Crippen molar-refractivity contribution in [2.75, 3.05) is 13.2 Å². The number of fused-ring (bicyclic) bond motifs is 1. The third-order valence-corrected chi connectivity index (χ3v) is 4.25. The molecule has 0 aromatic carbocycles. The quantitative estimate of drug-likeness (QED) is 0.411.